The minimum Gasteiger partial charge on any atom is -0.103 e. The average Bonchev–Trinajstić information content (AvgIpc) is 2.22. The minimum absolute atomic E-state index is 0.936. The third kappa shape index (κ3) is 8.11. The smallest absolute Gasteiger partial charge is 0.0474 e. The molecule has 0 saturated heterocycles. The van der Waals surface area contributed by atoms with Gasteiger partial charge in [-0.15, -0.1) is 13.2 Å². The Morgan fingerprint density at radius 2 is 1.00 bits per heavy atom. The summed E-state index contributed by atoms with van der Waals surface area (Å²) in [4.78, 5) is 0. The van der Waals surface area contributed by atoms with Crippen molar-refractivity contribution in [2.45, 2.75) is 63.2 Å². The Hall–Kier alpha value is -0.0862. The molecule has 0 aliphatic rings. The van der Waals surface area contributed by atoms with Crippen molar-refractivity contribution in [1.82, 2.24) is 0 Å². The molecule has 16 heavy (non-hydrogen) atoms. The van der Waals surface area contributed by atoms with Crippen LogP contribution in [0.5, 0.6) is 0 Å². The lowest BCUT2D eigenvalue weighted by molar-refractivity contribution is 1.09. The van der Waals surface area contributed by atoms with E-state index in [0.717, 1.165) is 0 Å². The molecule has 0 radical (unpaired) electrons. The van der Waals surface area contributed by atoms with Crippen LogP contribution in [0.4, 0.5) is 0 Å². The van der Waals surface area contributed by atoms with E-state index in [2.05, 4.69) is 51.5 Å². The van der Waals surface area contributed by atoms with Crippen molar-refractivity contribution in [3.63, 3.8) is 0 Å². The molecule has 0 N–H and O–H groups in total. The average molecular weight is 255 g/mol. The molecule has 0 nitrogen and oxygen atoms in total. The monoisotopic (exact) mass is 254 g/mol. The van der Waals surface area contributed by atoms with Gasteiger partial charge in [0.25, 0.3) is 0 Å². The molecule has 0 amide bonds. The molecule has 0 aromatic rings. The van der Waals surface area contributed by atoms with Gasteiger partial charge in [0.1, 0.15) is 0 Å². The molecule has 0 aromatic heterocycles. The zero-order chi connectivity index (χ0) is 12.7. The molecule has 0 atom stereocenters. The highest BCUT2D eigenvalue weighted by atomic mass is 28.3. The Morgan fingerprint density at radius 1 is 0.688 bits per heavy atom. The van der Waals surface area contributed by atoms with Crippen LogP contribution in [0, 0.1) is 0 Å². The van der Waals surface area contributed by atoms with Crippen molar-refractivity contribution in [3.05, 3.63) is 25.3 Å². The second-order valence-electron chi connectivity index (χ2n) is 6.48. The summed E-state index contributed by atoms with van der Waals surface area (Å²) in [6, 6.07) is 5.86. The molecule has 0 rings (SSSR count). The van der Waals surface area contributed by atoms with Crippen LogP contribution in [-0.4, -0.2) is 16.1 Å². The fraction of sp³-hybridized carbons (Fsp3) is 0.714. The van der Waals surface area contributed by atoms with Gasteiger partial charge in [0.15, 0.2) is 0 Å². The first kappa shape index (κ1) is 15.9. The van der Waals surface area contributed by atoms with Gasteiger partial charge in [-0.3, -0.25) is 0 Å². The molecule has 0 aliphatic heterocycles. The highest BCUT2D eigenvalue weighted by molar-refractivity contribution is 6.82. The van der Waals surface area contributed by atoms with Crippen LogP contribution in [0.25, 0.3) is 0 Å². The Labute approximate surface area is 105 Å². The normalized spacial score (nSPS) is 12.5. The van der Waals surface area contributed by atoms with Gasteiger partial charge in [-0.05, 0) is 12.8 Å². The van der Waals surface area contributed by atoms with Crippen molar-refractivity contribution in [2.24, 2.45) is 0 Å². The van der Waals surface area contributed by atoms with Crippen LogP contribution in [0.15, 0.2) is 25.3 Å². The minimum atomic E-state index is -0.936. The molecule has 94 valence electrons. The second-order valence-corrected chi connectivity index (χ2v) is 17.1. The van der Waals surface area contributed by atoms with Crippen molar-refractivity contribution in [3.8, 4) is 0 Å². The van der Waals surface area contributed by atoms with Gasteiger partial charge in [-0.1, -0.05) is 62.5 Å². The lowest BCUT2D eigenvalue weighted by Crippen LogP contribution is -2.31. The van der Waals surface area contributed by atoms with Gasteiger partial charge in [0, 0.05) is 16.1 Å². The summed E-state index contributed by atoms with van der Waals surface area (Å²) in [5.74, 6) is 0. The van der Waals surface area contributed by atoms with Crippen molar-refractivity contribution in [1.29, 1.82) is 0 Å². The summed E-state index contributed by atoms with van der Waals surface area (Å²) < 4.78 is 0. The molecule has 0 saturated carbocycles. The van der Waals surface area contributed by atoms with Gasteiger partial charge in [-0.25, -0.2) is 0 Å². The topological polar surface area (TPSA) is 0 Å². The van der Waals surface area contributed by atoms with Crippen molar-refractivity contribution < 1.29 is 0 Å². The van der Waals surface area contributed by atoms with Crippen LogP contribution in [0.2, 0.25) is 50.4 Å². The summed E-state index contributed by atoms with van der Waals surface area (Å²) in [5, 5.41) is 0. The van der Waals surface area contributed by atoms with Crippen LogP contribution >= 0.6 is 0 Å². The first-order valence-electron chi connectivity index (χ1n) is 6.55. The quantitative estimate of drug-likeness (QED) is 0.373. The predicted molar refractivity (Wildman–Crippen MR) is 83.8 cm³/mol. The van der Waals surface area contributed by atoms with E-state index in [4.69, 9.17) is 0 Å². The third-order valence-corrected chi connectivity index (χ3v) is 10.5. The van der Waals surface area contributed by atoms with Crippen LogP contribution in [0.3, 0.4) is 0 Å². The highest BCUT2D eigenvalue weighted by Gasteiger charge is 2.26. The maximum absolute atomic E-state index is 3.83. The van der Waals surface area contributed by atoms with Gasteiger partial charge >= 0.3 is 0 Å². The second kappa shape index (κ2) is 7.28. The molecule has 0 aliphatic carbocycles. The number of rotatable bonds is 9. The fourth-order valence-corrected chi connectivity index (χ4v) is 9.80. The molecular weight excluding hydrogens is 224 g/mol. The van der Waals surface area contributed by atoms with Gasteiger partial charge in [-0.2, -0.15) is 0 Å². The Bertz CT molecular complexity index is 193. The maximum atomic E-state index is 3.83. The van der Waals surface area contributed by atoms with Crippen LogP contribution in [-0.2, 0) is 0 Å². The first-order valence-corrected chi connectivity index (χ1v) is 13.4. The Morgan fingerprint density at radius 3 is 1.25 bits per heavy atom. The fourth-order valence-electron chi connectivity index (χ4n) is 1.91. The first-order chi connectivity index (χ1) is 7.33. The van der Waals surface area contributed by atoms with E-state index >= 15 is 0 Å². The summed E-state index contributed by atoms with van der Waals surface area (Å²) in [6.07, 6.45) is 6.59. The summed E-state index contributed by atoms with van der Waals surface area (Å²) in [7, 11) is -1.87. The standard InChI is InChI=1S/C14H30Si2/c1-7-9-11-15(3,4)13-14-16(5,6)12-10-8-2/h7-8H,1-2,9-14H2,3-6H3. The number of hydrogen-bond acceptors (Lipinski definition) is 0. The van der Waals surface area contributed by atoms with E-state index in [9.17, 15) is 0 Å². The van der Waals surface area contributed by atoms with Gasteiger partial charge in [0.2, 0.25) is 0 Å². The molecule has 0 unspecified atom stereocenters. The number of hydrogen-bond donors (Lipinski definition) is 0. The number of allylic oxidation sites excluding steroid dienone is 2. The summed E-state index contributed by atoms with van der Waals surface area (Å²) in [6.45, 7) is 17.8. The molecule has 0 heterocycles. The van der Waals surface area contributed by atoms with E-state index in [1.54, 1.807) is 0 Å². The van der Waals surface area contributed by atoms with Gasteiger partial charge in [0.05, 0.1) is 0 Å². The lowest BCUT2D eigenvalue weighted by atomic mass is 10.5. The van der Waals surface area contributed by atoms with E-state index in [-0.39, 0.29) is 0 Å². The Kier molecular flexibility index (Phi) is 7.24. The lowest BCUT2D eigenvalue weighted by Gasteiger charge is -2.28. The van der Waals surface area contributed by atoms with Crippen LogP contribution < -0.4 is 0 Å². The van der Waals surface area contributed by atoms with Crippen LogP contribution in [0.1, 0.15) is 12.8 Å². The van der Waals surface area contributed by atoms with E-state index < -0.39 is 16.1 Å². The predicted octanol–water partition coefficient (Wildman–Crippen LogP) is 5.56. The third-order valence-electron chi connectivity index (χ3n) is 3.53. The zero-order valence-electron chi connectivity index (χ0n) is 11.8. The van der Waals surface area contributed by atoms with Gasteiger partial charge < -0.3 is 0 Å². The largest absolute Gasteiger partial charge is 0.103 e. The molecule has 0 aromatic carbocycles. The van der Waals surface area contributed by atoms with Crippen molar-refractivity contribution in [2.75, 3.05) is 0 Å². The van der Waals surface area contributed by atoms with E-state index in [0.29, 0.717) is 0 Å². The molecule has 0 fully saturated rings. The highest BCUT2D eigenvalue weighted by Crippen LogP contribution is 2.27. The zero-order valence-corrected chi connectivity index (χ0v) is 13.8. The SMILES string of the molecule is C=CCC[Si](C)(C)CC[Si](C)(C)CCC=C. The molecule has 0 spiro atoms. The molecular formula is C14H30Si2. The van der Waals surface area contributed by atoms with E-state index in [1.165, 1.54) is 37.0 Å². The molecule has 0 bridgehead atoms. The van der Waals surface area contributed by atoms with E-state index in [1.807, 2.05) is 0 Å². The summed E-state index contributed by atoms with van der Waals surface area (Å²) in [5.41, 5.74) is 0. The maximum Gasteiger partial charge on any atom is 0.0474 e. The Balaban J connectivity index is 4.00. The molecule has 2 heteroatoms. The van der Waals surface area contributed by atoms with Crippen molar-refractivity contribution >= 4 is 16.1 Å². The summed E-state index contributed by atoms with van der Waals surface area (Å²) >= 11 is 0.